The van der Waals surface area contributed by atoms with Crippen LogP contribution < -0.4 is 11.1 Å². The van der Waals surface area contributed by atoms with Crippen LogP contribution in [0.1, 0.15) is 27.1 Å². The molecule has 3 heterocycles. The fraction of sp³-hybridized carbons (Fsp3) is 0.0870. The predicted octanol–water partition coefficient (Wildman–Crippen LogP) is 3.19. The Labute approximate surface area is 169 Å². The number of nitrogens with two attached hydrogens (primary N) is 1. The van der Waals surface area contributed by atoms with Crippen molar-refractivity contribution in [1.82, 2.24) is 14.9 Å². The summed E-state index contributed by atoms with van der Waals surface area (Å²) in [4.78, 5) is 40.7. The van der Waals surface area contributed by atoms with E-state index in [1.165, 1.54) is 0 Å². The van der Waals surface area contributed by atoms with Gasteiger partial charge < -0.3 is 15.3 Å². The minimum atomic E-state index is -0.400. The third kappa shape index (κ3) is 2.01. The number of carbonyl (C=O) groups excluding carboxylic acids is 3. The first-order valence-corrected chi connectivity index (χ1v) is 9.67. The average molecular weight is 396 g/mol. The van der Waals surface area contributed by atoms with Gasteiger partial charge in [0.15, 0.2) is 0 Å². The van der Waals surface area contributed by atoms with Crippen LogP contribution in [0.4, 0.5) is 0 Å². The molecule has 0 unspecified atom stereocenters. The number of aromatic nitrogens is 2. The second-order valence-electron chi connectivity index (χ2n) is 7.56. The number of H-pyrrole nitrogens is 1. The average Bonchev–Trinajstić information content (AvgIpc) is 3.36. The van der Waals surface area contributed by atoms with Crippen LogP contribution >= 0.6 is 0 Å². The number of aryl methyl sites for hydroxylation is 1. The zero-order chi connectivity index (χ0) is 20.6. The van der Waals surface area contributed by atoms with Crippen molar-refractivity contribution in [3.63, 3.8) is 0 Å². The fourth-order valence-corrected chi connectivity index (χ4v) is 4.78. The molecule has 2 aromatic heterocycles. The normalized spacial score (nSPS) is 13.6. The highest BCUT2D eigenvalue weighted by atomic mass is 16.2. The van der Waals surface area contributed by atoms with Crippen LogP contribution in [0.2, 0.25) is 0 Å². The number of imide groups is 1. The topological polar surface area (TPSA) is 110 Å². The fourth-order valence-electron chi connectivity index (χ4n) is 4.78. The van der Waals surface area contributed by atoms with Gasteiger partial charge in [0, 0.05) is 45.5 Å². The molecule has 3 amide bonds. The summed E-state index contributed by atoms with van der Waals surface area (Å²) in [6, 6.07) is 15.4. The van der Waals surface area contributed by atoms with Gasteiger partial charge in [-0.2, -0.15) is 0 Å². The second kappa shape index (κ2) is 5.70. The van der Waals surface area contributed by atoms with Crippen LogP contribution in [0, 0.1) is 0 Å². The van der Waals surface area contributed by atoms with Gasteiger partial charge in [-0.05, 0) is 12.1 Å². The Morgan fingerprint density at radius 3 is 2.33 bits per heavy atom. The van der Waals surface area contributed by atoms with Crippen LogP contribution in [-0.2, 0) is 11.3 Å². The highest BCUT2D eigenvalue weighted by Gasteiger charge is 2.35. The van der Waals surface area contributed by atoms with Gasteiger partial charge in [0.2, 0.25) is 5.91 Å². The molecule has 0 radical (unpaired) electrons. The van der Waals surface area contributed by atoms with E-state index in [9.17, 15) is 14.4 Å². The minimum Gasteiger partial charge on any atom is -0.370 e. The largest absolute Gasteiger partial charge is 0.370 e. The molecule has 0 bridgehead atoms. The van der Waals surface area contributed by atoms with E-state index in [1.807, 2.05) is 53.1 Å². The number of carbonyl (C=O) groups is 3. The number of amides is 3. The summed E-state index contributed by atoms with van der Waals surface area (Å²) in [5.74, 6) is -1.19. The first-order chi connectivity index (χ1) is 14.6. The number of para-hydroxylation sites is 2. The Bertz CT molecular complexity index is 1590. The van der Waals surface area contributed by atoms with Crippen molar-refractivity contribution >= 4 is 61.3 Å². The Balaban J connectivity index is 1.93. The number of rotatable bonds is 3. The van der Waals surface area contributed by atoms with E-state index in [1.54, 1.807) is 0 Å². The minimum absolute atomic E-state index is 0.164. The first kappa shape index (κ1) is 16.8. The Hall–Kier alpha value is -4.13. The number of fused-ring (bicyclic) bond motifs is 10. The summed E-state index contributed by atoms with van der Waals surface area (Å²) < 4.78 is 2.02. The molecule has 7 heteroatoms. The molecule has 5 aromatic rings. The van der Waals surface area contributed by atoms with E-state index in [-0.39, 0.29) is 12.3 Å². The number of nitrogens with zero attached hydrogens (tertiary/aromatic N) is 1. The molecule has 0 spiro atoms. The van der Waals surface area contributed by atoms with Crippen LogP contribution in [0.25, 0.3) is 43.6 Å². The van der Waals surface area contributed by atoms with Crippen LogP contribution in [-0.4, -0.2) is 27.3 Å². The van der Waals surface area contributed by atoms with Crippen LogP contribution in [0.3, 0.4) is 0 Å². The Kier molecular flexibility index (Phi) is 3.19. The van der Waals surface area contributed by atoms with Crippen molar-refractivity contribution in [3.05, 3.63) is 59.7 Å². The maximum Gasteiger partial charge on any atom is 0.259 e. The lowest BCUT2D eigenvalue weighted by atomic mass is 9.97. The monoisotopic (exact) mass is 396 g/mol. The van der Waals surface area contributed by atoms with Gasteiger partial charge in [-0.1, -0.05) is 36.4 Å². The summed E-state index contributed by atoms with van der Waals surface area (Å²) in [5, 5.41) is 5.64. The smallest absolute Gasteiger partial charge is 0.259 e. The van der Waals surface area contributed by atoms with Gasteiger partial charge in [0.25, 0.3) is 11.8 Å². The molecule has 7 nitrogen and oxygen atoms in total. The molecule has 146 valence electrons. The molecule has 0 fully saturated rings. The highest BCUT2D eigenvalue weighted by Crippen LogP contribution is 2.43. The number of hydrogen-bond donors (Lipinski definition) is 3. The molecule has 6 rings (SSSR count). The summed E-state index contributed by atoms with van der Waals surface area (Å²) in [5.41, 5.74) is 9.55. The first-order valence-electron chi connectivity index (χ1n) is 9.67. The van der Waals surface area contributed by atoms with Gasteiger partial charge in [-0.15, -0.1) is 0 Å². The highest BCUT2D eigenvalue weighted by molar-refractivity contribution is 6.39. The molecule has 0 saturated heterocycles. The van der Waals surface area contributed by atoms with Gasteiger partial charge in [-0.25, -0.2) is 0 Å². The number of primary amides is 1. The summed E-state index contributed by atoms with van der Waals surface area (Å²) in [6.07, 6.45) is 0.164. The van der Waals surface area contributed by atoms with E-state index < -0.39 is 11.8 Å². The van der Waals surface area contributed by atoms with Crippen molar-refractivity contribution in [2.75, 3.05) is 0 Å². The number of aromatic amines is 1. The van der Waals surface area contributed by atoms with Crippen molar-refractivity contribution < 1.29 is 14.4 Å². The number of hydrogen-bond acceptors (Lipinski definition) is 3. The summed E-state index contributed by atoms with van der Waals surface area (Å²) in [7, 11) is 0. The van der Waals surface area contributed by atoms with Crippen molar-refractivity contribution in [2.24, 2.45) is 5.73 Å². The molecule has 4 N–H and O–H groups in total. The molecule has 0 aliphatic carbocycles. The number of nitrogens with one attached hydrogen (secondary N) is 2. The van der Waals surface area contributed by atoms with Gasteiger partial charge in [-0.3, -0.25) is 19.7 Å². The summed E-state index contributed by atoms with van der Waals surface area (Å²) >= 11 is 0. The molecule has 0 atom stereocenters. The van der Waals surface area contributed by atoms with E-state index in [4.69, 9.17) is 5.73 Å². The molecular formula is C23H16N4O3. The molecule has 30 heavy (non-hydrogen) atoms. The quantitative estimate of drug-likeness (QED) is 0.407. The van der Waals surface area contributed by atoms with E-state index >= 15 is 0 Å². The lowest BCUT2D eigenvalue weighted by molar-refractivity contribution is -0.118. The summed E-state index contributed by atoms with van der Waals surface area (Å²) in [6.45, 7) is 0.373. The maximum atomic E-state index is 12.9. The van der Waals surface area contributed by atoms with E-state index in [2.05, 4.69) is 10.3 Å². The standard InChI is InChI=1S/C23H16N4O3/c24-15(28)9-10-27-14-8-4-2-6-12(14)17-19-18(22(29)26-23(19)30)16-11-5-1-3-7-13(11)25-20(16)21(17)27/h1-8,25H,9-10H2,(H2,24,28)(H,26,29,30). The van der Waals surface area contributed by atoms with Crippen molar-refractivity contribution in [1.29, 1.82) is 0 Å². The van der Waals surface area contributed by atoms with Gasteiger partial charge in [0.05, 0.1) is 22.2 Å². The molecular weight excluding hydrogens is 380 g/mol. The lowest BCUT2D eigenvalue weighted by Gasteiger charge is -2.08. The van der Waals surface area contributed by atoms with Crippen molar-refractivity contribution in [2.45, 2.75) is 13.0 Å². The third-order valence-corrected chi connectivity index (χ3v) is 5.93. The maximum absolute atomic E-state index is 12.9. The van der Waals surface area contributed by atoms with Gasteiger partial charge >= 0.3 is 0 Å². The van der Waals surface area contributed by atoms with Crippen molar-refractivity contribution in [3.8, 4) is 0 Å². The molecule has 1 aliphatic heterocycles. The zero-order valence-corrected chi connectivity index (χ0v) is 15.8. The molecule has 0 saturated carbocycles. The van der Waals surface area contributed by atoms with Gasteiger partial charge in [0.1, 0.15) is 0 Å². The number of benzene rings is 3. The van der Waals surface area contributed by atoms with E-state index in [0.29, 0.717) is 23.1 Å². The molecule has 1 aliphatic rings. The lowest BCUT2D eigenvalue weighted by Crippen LogP contribution is -2.20. The third-order valence-electron chi connectivity index (χ3n) is 5.93. The zero-order valence-electron chi connectivity index (χ0n) is 15.8. The van der Waals surface area contributed by atoms with E-state index in [0.717, 1.165) is 38.2 Å². The Morgan fingerprint density at radius 2 is 1.57 bits per heavy atom. The van der Waals surface area contributed by atoms with Crippen LogP contribution in [0.5, 0.6) is 0 Å². The SMILES string of the molecule is NC(=O)CCn1c2ccccc2c2c3c(c4c5ccccc5[nH]c4c21)C(=O)NC3=O. The second-order valence-corrected chi connectivity index (χ2v) is 7.56. The Morgan fingerprint density at radius 1 is 0.900 bits per heavy atom. The predicted molar refractivity (Wildman–Crippen MR) is 114 cm³/mol. The van der Waals surface area contributed by atoms with Crippen LogP contribution in [0.15, 0.2) is 48.5 Å². The molecule has 3 aromatic carbocycles.